The predicted molar refractivity (Wildman–Crippen MR) is 99.3 cm³/mol. The number of rotatable bonds is 7. The van der Waals surface area contributed by atoms with Gasteiger partial charge in [0.1, 0.15) is 12.4 Å². The van der Waals surface area contributed by atoms with Gasteiger partial charge in [0.25, 0.3) is 0 Å². The number of ether oxygens (including phenoxy) is 1. The van der Waals surface area contributed by atoms with Crippen molar-refractivity contribution in [3.63, 3.8) is 0 Å². The Labute approximate surface area is 143 Å². The molecule has 0 aliphatic heterocycles. The summed E-state index contributed by atoms with van der Waals surface area (Å²) >= 11 is 0. The molecule has 0 heterocycles. The topological polar surface area (TPSA) is 41.6 Å². The van der Waals surface area contributed by atoms with Crippen molar-refractivity contribution in [1.29, 1.82) is 0 Å². The van der Waals surface area contributed by atoms with Crippen LogP contribution in [-0.2, 0) is 4.79 Å². The molecule has 0 aliphatic carbocycles. The van der Waals surface area contributed by atoms with Crippen LogP contribution < -0.4 is 10.1 Å². The van der Waals surface area contributed by atoms with E-state index in [0.29, 0.717) is 6.61 Å². The monoisotopic (exact) mass is 324 g/mol. The minimum atomic E-state index is -0.143. The van der Waals surface area contributed by atoms with Gasteiger partial charge in [-0.3, -0.25) is 4.79 Å². The van der Waals surface area contributed by atoms with Crippen LogP contribution in [0, 0.1) is 6.92 Å². The minimum Gasteiger partial charge on any atom is -0.492 e. The Bertz CT molecular complexity index is 691. The number of amides is 1. The standard InChI is InChI=1S/C20H24N2O2/c1-16-6-4-5-7-19(16)21-20(23)13-10-17-8-11-18(12-9-17)24-15-14-22(2)3/h4-13H,14-15H2,1-3H3,(H,21,23). The predicted octanol–water partition coefficient (Wildman–Crippen LogP) is 3.59. The molecule has 1 amide bonds. The Balaban J connectivity index is 1.87. The molecular weight excluding hydrogens is 300 g/mol. The molecule has 0 radical (unpaired) electrons. The molecule has 4 heteroatoms. The first-order chi connectivity index (χ1) is 11.5. The van der Waals surface area contributed by atoms with Gasteiger partial charge in [-0.15, -0.1) is 0 Å². The molecule has 0 spiro atoms. The van der Waals surface area contributed by atoms with E-state index in [-0.39, 0.29) is 5.91 Å². The molecule has 0 aromatic heterocycles. The summed E-state index contributed by atoms with van der Waals surface area (Å²) in [4.78, 5) is 14.1. The van der Waals surface area contributed by atoms with E-state index >= 15 is 0 Å². The zero-order chi connectivity index (χ0) is 17.4. The zero-order valence-electron chi connectivity index (χ0n) is 14.5. The normalized spacial score (nSPS) is 11.0. The molecular formula is C20H24N2O2. The summed E-state index contributed by atoms with van der Waals surface area (Å²) < 4.78 is 5.64. The lowest BCUT2D eigenvalue weighted by Crippen LogP contribution is -2.19. The third-order valence-corrected chi connectivity index (χ3v) is 3.52. The van der Waals surface area contributed by atoms with E-state index in [9.17, 15) is 4.79 Å². The van der Waals surface area contributed by atoms with E-state index in [2.05, 4.69) is 10.2 Å². The fourth-order valence-electron chi connectivity index (χ4n) is 2.08. The summed E-state index contributed by atoms with van der Waals surface area (Å²) in [6, 6.07) is 15.4. The van der Waals surface area contributed by atoms with E-state index in [1.165, 1.54) is 6.08 Å². The summed E-state index contributed by atoms with van der Waals surface area (Å²) in [6.07, 6.45) is 3.32. The Morgan fingerprint density at radius 1 is 1.12 bits per heavy atom. The lowest BCUT2D eigenvalue weighted by Gasteiger charge is -2.10. The Morgan fingerprint density at radius 3 is 2.50 bits per heavy atom. The number of nitrogens with zero attached hydrogens (tertiary/aromatic N) is 1. The smallest absolute Gasteiger partial charge is 0.248 e. The van der Waals surface area contributed by atoms with Crippen molar-refractivity contribution in [3.05, 3.63) is 65.7 Å². The number of aryl methyl sites for hydroxylation is 1. The SMILES string of the molecule is Cc1ccccc1NC(=O)C=Cc1ccc(OCCN(C)C)cc1. The summed E-state index contributed by atoms with van der Waals surface area (Å²) in [5.41, 5.74) is 2.82. The van der Waals surface area contributed by atoms with Crippen LogP contribution in [-0.4, -0.2) is 38.1 Å². The van der Waals surface area contributed by atoms with Crippen LogP contribution in [0.1, 0.15) is 11.1 Å². The molecule has 2 aromatic rings. The minimum absolute atomic E-state index is 0.143. The first kappa shape index (κ1) is 17.8. The van der Waals surface area contributed by atoms with E-state index in [0.717, 1.165) is 29.1 Å². The van der Waals surface area contributed by atoms with E-state index in [1.807, 2.05) is 69.6 Å². The number of hydrogen-bond donors (Lipinski definition) is 1. The second-order valence-corrected chi connectivity index (χ2v) is 5.86. The fourth-order valence-corrected chi connectivity index (χ4v) is 2.08. The molecule has 0 bridgehead atoms. The average molecular weight is 324 g/mol. The highest BCUT2D eigenvalue weighted by Crippen LogP contribution is 2.15. The van der Waals surface area contributed by atoms with Gasteiger partial charge >= 0.3 is 0 Å². The molecule has 2 aromatic carbocycles. The van der Waals surface area contributed by atoms with Gasteiger partial charge in [-0.05, 0) is 56.4 Å². The lowest BCUT2D eigenvalue weighted by molar-refractivity contribution is -0.111. The molecule has 1 N–H and O–H groups in total. The number of carbonyl (C=O) groups excluding carboxylic acids is 1. The highest BCUT2D eigenvalue weighted by molar-refractivity contribution is 6.02. The van der Waals surface area contributed by atoms with Gasteiger partial charge < -0.3 is 15.0 Å². The van der Waals surface area contributed by atoms with E-state index < -0.39 is 0 Å². The van der Waals surface area contributed by atoms with Gasteiger partial charge in [0.05, 0.1) is 0 Å². The van der Waals surface area contributed by atoms with Gasteiger partial charge in [0.15, 0.2) is 0 Å². The van der Waals surface area contributed by atoms with Crippen LogP contribution in [0.25, 0.3) is 6.08 Å². The number of likely N-dealkylation sites (N-methyl/N-ethyl adjacent to an activating group) is 1. The van der Waals surface area contributed by atoms with Crippen molar-refractivity contribution in [2.24, 2.45) is 0 Å². The molecule has 0 atom stereocenters. The molecule has 0 saturated heterocycles. The number of hydrogen-bond acceptors (Lipinski definition) is 3. The number of benzene rings is 2. The summed E-state index contributed by atoms with van der Waals surface area (Å²) in [5, 5.41) is 2.88. The van der Waals surface area contributed by atoms with Crippen LogP contribution in [0.4, 0.5) is 5.69 Å². The maximum Gasteiger partial charge on any atom is 0.248 e. The first-order valence-corrected chi connectivity index (χ1v) is 7.97. The average Bonchev–Trinajstić information content (AvgIpc) is 2.56. The maximum absolute atomic E-state index is 12.0. The van der Waals surface area contributed by atoms with E-state index in [1.54, 1.807) is 6.08 Å². The van der Waals surface area contributed by atoms with Crippen LogP contribution in [0.5, 0.6) is 5.75 Å². The van der Waals surface area contributed by atoms with Crippen molar-refractivity contribution < 1.29 is 9.53 Å². The number of anilines is 1. The van der Waals surface area contributed by atoms with E-state index in [4.69, 9.17) is 4.74 Å². The molecule has 0 saturated carbocycles. The molecule has 0 aliphatic rings. The number of nitrogens with one attached hydrogen (secondary N) is 1. The van der Waals surface area contributed by atoms with Crippen molar-refractivity contribution in [2.75, 3.05) is 32.6 Å². The molecule has 2 rings (SSSR count). The van der Waals surface area contributed by atoms with Gasteiger partial charge in [-0.2, -0.15) is 0 Å². The van der Waals surface area contributed by atoms with Gasteiger partial charge in [0, 0.05) is 18.3 Å². The quantitative estimate of drug-likeness (QED) is 0.792. The zero-order valence-corrected chi connectivity index (χ0v) is 14.5. The third kappa shape index (κ3) is 5.89. The third-order valence-electron chi connectivity index (χ3n) is 3.52. The van der Waals surface area contributed by atoms with Gasteiger partial charge in [-0.25, -0.2) is 0 Å². The lowest BCUT2D eigenvalue weighted by atomic mass is 10.2. The van der Waals surface area contributed by atoms with Crippen LogP contribution in [0.2, 0.25) is 0 Å². The van der Waals surface area contributed by atoms with Crippen LogP contribution in [0.3, 0.4) is 0 Å². The fraction of sp³-hybridized carbons (Fsp3) is 0.250. The highest BCUT2D eigenvalue weighted by atomic mass is 16.5. The number of carbonyl (C=O) groups is 1. The molecule has 24 heavy (non-hydrogen) atoms. The molecule has 0 fully saturated rings. The Hall–Kier alpha value is -2.59. The van der Waals surface area contributed by atoms with Crippen molar-refractivity contribution in [1.82, 2.24) is 4.90 Å². The highest BCUT2D eigenvalue weighted by Gasteiger charge is 2.00. The Kier molecular flexibility index (Phi) is 6.58. The van der Waals surface area contributed by atoms with Gasteiger partial charge in [-0.1, -0.05) is 30.3 Å². The van der Waals surface area contributed by atoms with Crippen LogP contribution in [0.15, 0.2) is 54.6 Å². The number of para-hydroxylation sites is 1. The second kappa shape index (κ2) is 8.89. The summed E-state index contributed by atoms with van der Waals surface area (Å²) in [7, 11) is 4.03. The second-order valence-electron chi connectivity index (χ2n) is 5.86. The van der Waals surface area contributed by atoms with Crippen LogP contribution >= 0.6 is 0 Å². The largest absolute Gasteiger partial charge is 0.492 e. The molecule has 126 valence electrons. The molecule has 4 nitrogen and oxygen atoms in total. The molecule has 0 unspecified atom stereocenters. The van der Waals surface area contributed by atoms with Crippen molar-refractivity contribution in [3.8, 4) is 5.75 Å². The van der Waals surface area contributed by atoms with Crippen molar-refractivity contribution >= 4 is 17.7 Å². The summed E-state index contributed by atoms with van der Waals surface area (Å²) in [6.45, 7) is 3.50. The van der Waals surface area contributed by atoms with Crippen molar-refractivity contribution in [2.45, 2.75) is 6.92 Å². The van der Waals surface area contributed by atoms with Gasteiger partial charge in [0.2, 0.25) is 5.91 Å². The summed E-state index contributed by atoms with van der Waals surface area (Å²) in [5.74, 6) is 0.689. The maximum atomic E-state index is 12.0. The Morgan fingerprint density at radius 2 is 1.83 bits per heavy atom. The first-order valence-electron chi connectivity index (χ1n) is 7.97.